The maximum Gasteiger partial charge on any atom is 0.236 e. The summed E-state index contributed by atoms with van der Waals surface area (Å²) in [5.41, 5.74) is 8.29. The Morgan fingerprint density at radius 3 is 2.94 bits per heavy atom. The molecule has 1 aromatic heterocycles. The van der Waals surface area contributed by atoms with E-state index in [0.717, 1.165) is 11.1 Å². The second-order valence-electron chi connectivity index (χ2n) is 3.48. The van der Waals surface area contributed by atoms with Gasteiger partial charge in [-0.1, -0.05) is 29.9 Å². The number of benzene rings is 1. The maximum atomic E-state index is 8.99. The molecule has 1 aromatic carbocycles. The van der Waals surface area contributed by atoms with Crippen LogP contribution in [-0.2, 0) is 6.61 Å². The molecule has 2 rings (SSSR count). The summed E-state index contributed by atoms with van der Waals surface area (Å²) in [6.45, 7) is 4.00. The van der Waals surface area contributed by atoms with Crippen LogP contribution in [0.15, 0.2) is 37.0 Å². The highest BCUT2D eigenvalue weighted by Gasteiger charge is 2.06. The number of rotatable bonds is 4. The molecule has 0 bridgehead atoms. The quantitative estimate of drug-likeness (QED) is 0.622. The highest BCUT2D eigenvalue weighted by atomic mass is 16.5. The molecule has 3 N–H and O–H groups in total. The lowest BCUT2D eigenvalue weighted by Crippen LogP contribution is -2.03. The van der Waals surface area contributed by atoms with Crippen molar-refractivity contribution in [3.8, 4) is 5.88 Å². The van der Waals surface area contributed by atoms with Gasteiger partial charge in [0.15, 0.2) is 0 Å². The van der Waals surface area contributed by atoms with Crippen molar-refractivity contribution in [2.75, 3.05) is 5.73 Å². The monoisotopic (exact) mass is 231 g/mol. The van der Waals surface area contributed by atoms with Crippen molar-refractivity contribution >= 4 is 11.8 Å². The molecule has 1 heterocycles. The van der Waals surface area contributed by atoms with E-state index < -0.39 is 0 Å². The van der Waals surface area contributed by atoms with Gasteiger partial charge in [0.1, 0.15) is 6.61 Å². The zero-order valence-electron chi connectivity index (χ0n) is 9.21. The molecule has 2 aromatic rings. The maximum absolute atomic E-state index is 8.99. The van der Waals surface area contributed by atoms with Gasteiger partial charge in [0, 0.05) is 17.3 Å². The van der Waals surface area contributed by atoms with Gasteiger partial charge in [0.2, 0.25) is 5.88 Å². The van der Waals surface area contributed by atoms with E-state index in [-0.39, 0.29) is 6.61 Å². The second-order valence-corrected chi connectivity index (χ2v) is 3.48. The van der Waals surface area contributed by atoms with E-state index in [1.165, 1.54) is 6.20 Å². The zero-order chi connectivity index (χ0) is 12.3. The van der Waals surface area contributed by atoms with Gasteiger partial charge in [-0.15, -0.1) is 4.85 Å². The first kappa shape index (κ1) is 11.1. The third-order valence-corrected chi connectivity index (χ3v) is 2.38. The Morgan fingerprint density at radius 1 is 1.47 bits per heavy atom. The largest absolute Gasteiger partial charge is 0.472 e. The van der Waals surface area contributed by atoms with Crippen LogP contribution in [0.2, 0.25) is 0 Å². The summed E-state index contributed by atoms with van der Waals surface area (Å²) in [7, 11) is 0. The molecule has 0 aliphatic carbocycles. The van der Waals surface area contributed by atoms with E-state index in [0.29, 0.717) is 16.4 Å². The van der Waals surface area contributed by atoms with Crippen LogP contribution in [-0.4, -0.2) is 15.2 Å². The molecule has 0 aliphatic rings. The Hall–Kier alpha value is -2.43. The molecule has 0 atom stereocenters. The molecule has 0 radical (unpaired) electrons. The summed E-state index contributed by atoms with van der Waals surface area (Å²) in [5, 5.41) is 12.7. The molecule has 0 saturated carbocycles. The Bertz CT molecular complexity index is 534. The van der Waals surface area contributed by atoms with E-state index in [2.05, 4.69) is 11.7 Å². The van der Waals surface area contributed by atoms with Crippen molar-refractivity contribution in [3.05, 3.63) is 48.2 Å². The second kappa shape index (κ2) is 4.61. The number of nitrogen functional groups attached to an aromatic ring is 1. The van der Waals surface area contributed by atoms with Gasteiger partial charge >= 0.3 is 0 Å². The standard InChI is InChI=1S/C12H13N3O2/c1-2-9-4-3-5-11(13)10(9)8-17-12-6-7-15(16)14-12/h2-7,16H,1,8,13H2. The number of hydrogen-bond acceptors (Lipinski definition) is 4. The van der Waals surface area contributed by atoms with Gasteiger partial charge in [-0.05, 0) is 11.6 Å². The first-order valence-corrected chi connectivity index (χ1v) is 5.08. The third-order valence-electron chi connectivity index (χ3n) is 2.38. The normalized spacial score (nSPS) is 10.1. The summed E-state index contributed by atoms with van der Waals surface area (Å²) in [6, 6.07) is 7.13. The van der Waals surface area contributed by atoms with Crippen LogP contribution < -0.4 is 10.5 Å². The number of aromatic nitrogens is 2. The lowest BCUT2D eigenvalue weighted by molar-refractivity contribution is 0.141. The van der Waals surface area contributed by atoms with Crippen LogP contribution in [0, 0.1) is 0 Å². The van der Waals surface area contributed by atoms with E-state index >= 15 is 0 Å². The van der Waals surface area contributed by atoms with Crippen LogP contribution in [0.3, 0.4) is 0 Å². The van der Waals surface area contributed by atoms with E-state index in [1.54, 1.807) is 18.2 Å². The molecule has 0 fully saturated rings. The first-order chi connectivity index (χ1) is 8.20. The van der Waals surface area contributed by atoms with Gasteiger partial charge in [-0.2, -0.15) is 0 Å². The van der Waals surface area contributed by atoms with Crippen LogP contribution in [0.5, 0.6) is 5.88 Å². The lowest BCUT2D eigenvalue weighted by atomic mass is 10.1. The molecule has 0 unspecified atom stereocenters. The zero-order valence-corrected chi connectivity index (χ0v) is 9.21. The minimum atomic E-state index is 0.283. The Labute approximate surface area is 98.7 Å². The Morgan fingerprint density at radius 2 is 2.29 bits per heavy atom. The average molecular weight is 231 g/mol. The summed E-state index contributed by atoms with van der Waals surface area (Å²) < 4.78 is 5.42. The van der Waals surface area contributed by atoms with E-state index in [1.807, 2.05) is 12.1 Å². The van der Waals surface area contributed by atoms with Crippen molar-refractivity contribution in [2.45, 2.75) is 6.61 Å². The van der Waals surface area contributed by atoms with Crippen LogP contribution in [0.4, 0.5) is 5.69 Å². The van der Waals surface area contributed by atoms with Gasteiger partial charge in [0.05, 0.1) is 6.20 Å². The van der Waals surface area contributed by atoms with Crippen LogP contribution in [0.1, 0.15) is 11.1 Å². The van der Waals surface area contributed by atoms with Gasteiger partial charge in [0.25, 0.3) is 0 Å². The minimum Gasteiger partial charge on any atom is -0.472 e. The fraction of sp³-hybridized carbons (Fsp3) is 0.0833. The molecule has 88 valence electrons. The number of nitrogens with zero attached hydrogens (tertiary/aromatic N) is 2. The predicted octanol–water partition coefficient (Wildman–Crippen LogP) is 1.92. The van der Waals surface area contributed by atoms with E-state index in [4.69, 9.17) is 15.7 Å². The topological polar surface area (TPSA) is 73.3 Å². The fourth-order valence-electron chi connectivity index (χ4n) is 1.50. The predicted molar refractivity (Wildman–Crippen MR) is 64.7 cm³/mol. The summed E-state index contributed by atoms with van der Waals surface area (Å²) in [4.78, 5) is 0.693. The minimum absolute atomic E-state index is 0.283. The summed E-state index contributed by atoms with van der Waals surface area (Å²) in [6.07, 6.45) is 3.11. The van der Waals surface area contributed by atoms with Gasteiger partial charge in [-0.25, -0.2) is 0 Å². The van der Waals surface area contributed by atoms with Crippen molar-refractivity contribution in [1.29, 1.82) is 0 Å². The van der Waals surface area contributed by atoms with Gasteiger partial charge < -0.3 is 15.7 Å². The molecule has 0 amide bonds. The SMILES string of the molecule is C=Cc1cccc(N)c1COc1ccn(O)n1. The van der Waals surface area contributed by atoms with Crippen molar-refractivity contribution in [1.82, 2.24) is 9.94 Å². The average Bonchev–Trinajstić information content (AvgIpc) is 2.73. The first-order valence-electron chi connectivity index (χ1n) is 5.08. The highest BCUT2D eigenvalue weighted by Crippen LogP contribution is 2.20. The number of hydrogen-bond donors (Lipinski definition) is 2. The molecule has 17 heavy (non-hydrogen) atoms. The third kappa shape index (κ3) is 2.39. The molecule has 0 saturated heterocycles. The van der Waals surface area contributed by atoms with Crippen molar-refractivity contribution in [3.63, 3.8) is 0 Å². The van der Waals surface area contributed by atoms with Crippen LogP contribution >= 0.6 is 0 Å². The molecular formula is C12H13N3O2. The number of anilines is 1. The lowest BCUT2D eigenvalue weighted by Gasteiger charge is -2.09. The van der Waals surface area contributed by atoms with Gasteiger partial charge in [-0.3, -0.25) is 0 Å². The van der Waals surface area contributed by atoms with E-state index in [9.17, 15) is 0 Å². The highest BCUT2D eigenvalue weighted by molar-refractivity contribution is 5.61. The Kier molecular flexibility index (Phi) is 3.00. The smallest absolute Gasteiger partial charge is 0.236 e. The Balaban J connectivity index is 2.16. The fourth-order valence-corrected chi connectivity index (χ4v) is 1.50. The van der Waals surface area contributed by atoms with Crippen molar-refractivity contribution < 1.29 is 9.94 Å². The molecule has 5 heteroatoms. The summed E-state index contributed by atoms with van der Waals surface area (Å²) >= 11 is 0. The molecule has 0 aliphatic heterocycles. The molecule has 0 spiro atoms. The van der Waals surface area contributed by atoms with Crippen molar-refractivity contribution in [2.24, 2.45) is 0 Å². The summed E-state index contributed by atoms with van der Waals surface area (Å²) in [5.74, 6) is 0.339. The van der Waals surface area contributed by atoms with Crippen LogP contribution in [0.25, 0.3) is 6.08 Å². The number of ether oxygens (including phenoxy) is 1. The number of nitrogens with two attached hydrogens (primary N) is 1. The molecular weight excluding hydrogens is 218 g/mol. The molecule has 5 nitrogen and oxygen atoms in total.